The Morgan fingerprint density at radius 3 is 2.00 bits per heavy atom. The molecular weight excluding hydrogens is 69.9 g/mol. The zero-order chi connectivity index (χ0) is 2.71. The zero-order valence-corrected chi connectivity index (χ0v) is 3.36. The topological polar surface area (TPSA) is 37.3 Å². The molecule has 0 spiro atoms. The molecule has 4 heavy (non-hydrogen) atoms. The van der Waals surface area contributed by atoms with E-state index in [4.69, 9.17) is 9.46 Å². The van der Waals surface area contributed by atoms with Gasteiger partial charge in [0.15, 0.2) is 0 Å². The molecule has 0 aromatic rings. The van der Waals surface area contributed by atoms with Crippen LogP contribution in [0.25, 0.3) is 0 Å². The van der Waals surface area contributed by atoms with E-state index in [1.165, 1.54) is 0 Å². The molecule has 0 amide bonds. The van der Waals surface area contributed by atoms with Crippen molar-refractivity contribution in [1.29, 1.82) is 0 Å². The summed E-state index contributed by atoms with van der Waals surface area (Å²) in [6.45, 7) is 0. The van der Waals surface area contributed by atoms with E-state index in [2.05, 4.69) is 0 Å². The van der Waals surface area contributed by atoms with Crippen molar-refractivity contribution in [3.8, 4) is 0 Å². The molecule has 1 N–H and O–H groups in total. The Balaban J connectivity index is -0.0000000200. The van der Waals surface area contributed by atoms with Gasteiger partial charge >= 0.3 is 27.5 Å². The third-order valence-electron chi connectivity index (χ3n) is 0. The average molecular weight is 72.9 g/mol. The minimum Gasteiger partial charge on any atom is -1.00 e. The summed E-state index contributed by atoms with van der Waals surface area (Å²) in [6.07, 6.45) is 0. The third kappa shape index (κ3) is 16.9. The molecule has 0 fully saturated rings. The number of hydrogen-bond donors (Lipinski definition) is 1. The Labute approximate surface area is 39.2 Å². The van der Waals surface area contributed by atoms with Gasteiger partial charge in [0.25, 0.3) is 0 Å². The van der Waals surface area contributed by atoms with Crippen molar-refractivity contribution in [2.24, 2.45) is 0 Å². The second kappa shape index (κ2) is 9.40. The maximum absolute atomic E-state index is 8.51. The number of hydrogen-bond acceptors (Lipinski definition) is 1. The molecule has 0 aliphatic rings. The van der Waals surface area contributed by atoms with E-state index >= 15 is 0 Å². The second-order valence-electron chi connectivity index (χ2n) is 0.0913. The fraction of sp³-hybridized carbons (Fsp3) is 0. The van der Waals surface area contributed by atoms with Crippen molar-refractivity contribution in [3.05, 3.63) is 0 Å². The van der Waals surface area contributed by atoms with Gasteiger partial charge in [-0.2, -0.15) is 4.89 Å². The average Bonchev–Trinajstić information content (AvgIpc) is 0.918. The van der Waals surface area contributed by atoms with Gasteiger partial charge in [-0.1, -0.05) is 0 Å². The van der Waals surface area contributed by atoms with Crippen molar-refractivity contribution in [2.75, 3.05) is 0 Å². The SMILES string of the molecule is O=[PH+]O.[H-].[Li+]. The molecule has 0 radical (unpaired) electrons. The Hall–Kier alpha value is 0.657. The first-order valence-electron chi connectivity index (χ1n) is 0.428. The van der Waals surface area contributed by atoms with E-state index in [0.29, 0.717) is 0 Å². The first-order chi connectivity index (χ1) is 1.41. The van der Waals surface area contributed by atoms with Crippen LogP contribution in [0.3, 0.4) is 0 Å². The van der Waals surface area contributed by atoms with Gasteiger partial charge in [0.1, 0.15) is 0 Å². The van der Waals surface area contributed by atoms with Gasteiger partial charge in [0, 0.05) is 0 Å². The predicted octanol–water partition coefficient (Wildman–Crippen LogP) is -2.97. The minimum absolute atomic E-state index is 0. The van der Waals surface area contributed by atoms with E-state index < -0.39 is 8.69 Å². The molecule has 4 heteroatoms. The second-order valence-corrected chi connectivity index (χ2v) is 0.274. The summed E-state index contributed by atoms with van der Waals surface area (Å²) in [5, 5.41) is 0. The third-order valence-corrected chi connectivity index (χ3v) is 0. The molecule has 1 atom stereocenters. The van der Waals surface area contributed by atoms with E-state index in [1.807, 2.05) is 0 Å². The summed E-state index contributed by atoms with van der Waals surface area (Å²) < 4.78 is 8.51. The largest absolute Gasteiger partial charge is 1.00 e. The Morgan fingerprint density at radius 2 is 2.00 bits per heavy atom. The summed E-state index contributed by atoms with van der Waals surface area (Å²) in [5.74, 6) is 0. The first kappa shape index (κ1) is 8.82. The van der Waals surface area contributed by atoms with E-state index in [9.17, 15) is 0 Å². The molecule has 0 bridgehead atoms. The summed E-state index contributed by atoms with van der Waals surface area (Å²) >= 11 is 0. The van der Waals surface area contributed by atoms with E-state index in [1.54, 1.807) is 0 Å². The van der Waals surface area contributed by atoms with Gasteiger partial charge in [-0.3, -0.25) is 0 Å². The fourth-order valence-electron chi connectivity index (χ4n) is 0. The van der Waals surface area contributed by atoms with Crippen LogP contribution in [-0.4, -0.2) is 4.89 Å². The van der Waals surface area contributed by atoms with Crippen LogP contribution in [0.5, 0.6) is 0 Å². The molecule has 2 nitrogen and oxygen atoms in total. The summed E-state index contributed by atoms with van der Waals surface area (Å²) in [5.41, 5.74) is 0. The standard InChI is InChI=1S/Li.HO2P.H/c;1-3-2;/h;3H;/q+1;;-1/p+1. The Kier molecular flexibility index (Phi) is 20.7. The van der Waals surface area contributed by atoms with Gasteiger partial charge in [0.2, 0.25) is 0 Å². The van der Waals surface area contributed by atoms with Crippen LogP contribution in [0.1, 0.15) is 1.43 Å². The van der Waals surface area contributed by atoms with Crippen molar-refractivity contribution < 1.29 is 29.7 Å². The molecule has 0 aromatic carbocycles. The monoisotopic (exact) mass is 73.0 g/mol. The molecule has 0 saturated heterocycles. The maximum atomic E-state index is 8.51. The predicted molar refractivity (Wildman–Crippen MR) is 12.3 cm³/mol. The van der Waals surface area contributed by atoms with Gasteiger partial charge < -0.3 is 1.43 Å². The van der Waals surface area contributed by atoms with Crippen LogP contribution in [0.15, 0.2) is 0 Å². The van der Waals surface area contributed by atoms with Crippen LogP contribution in [0, 0.1) is 0 Å². The number of rotatable bonds is 0. The summed E-state index contributed by atoms with van der Waals surface area (Å²) in [4.78, 5) is 7.04. The molecule has 0 aliphatic heterocycles. The minimum atomic E-state index is -1.17. The van der Waals surface area contributed by atoms with Crippen LogP contribution in [0.4, 0.5) is 0 Å². The van der Waals surface area contributed by atoms with Crippen molar-refractivity contribution >= 4 is 8.69 Å². The summed E-state index contributed by atoms with van der Waals surface area (Å²) in [7, 11) is -1.17. The molecule has 0 rings (SSSR count). The zero-order valence-electron chi connectivity index (χ0n) is 3.36. The molecular formula is H3LiO2P+. The van der Waals surface area contributed by atoms with Gasteiger partial charge in [-0.15, -0.1) is 0 Å². The smallest absolute Gasteiger partial charge is 1.00 e. The van der Waals surface area contributed by atoms with Crippen LogP contribution < -0.4 is 18.9 Å². The van der Waals surface area contributed by atoms with Crippen molar-refractivity contribution in [1.82, 2.24) is 0 Å². The molecule has 0 aliphatic carbocycles. The Morgan fingerprint density at radius 1 is 2.00 bits per heavy atom. The van der Waals surface area contributed by atoms with Gasteiger partial charge in [-0.25, -0.2) is 0 Å². The molecule has 0 heterocycles. The normalized spacial score (nSPS) is 5.25. The van der Waals surface area contributed by atoms with Crippen LogP contribution in [-0.2, 0) is 4.57 Å². The molecule has 0 saturated carbocycles. The first-order valence-corrected chi connectivity index (χ1v) is 1.28. The summed E-state index contributed by atoms with van der Waals surface area (Å²) in [6, 6.07) is 0. The molecule has 1 unspecified atom stereocenters. The quantitative estimate of drug-likeness (QED) is 0.245. The van der Waals surface area contributed by atoms with Crippen molar-refractivity contribution in [2.45, 2.75) is 0 Å². The van der Waals surface area contributed by atoms with Crippen LogP contribution in [0.2, 0.25) is 0 Å². The van der Waals surface area contributed by atoms with Crippen molar-refractivity contribution in [3.63, 3.8) is 0 Å². The van der Waals surface area contributed by atoms with Gasteiger partial charge in [-0.05, 0) is 4.57 Å². The van der Waals surface area contributed by atoms with E-state index in [-0.39, 0.29) is 20.3 Å². The maximum Gasteiger partial charge on any atom is 1.00 e. The molecule has 20 valence electrons. The van der Waals surface area contributed by atoms with Gasteiger partial charge in [0.05, 0.1) is 0 Å². The van der Waals surface area contributed by atoms with E-state index in [0.717, 1.165) is 0 Å². The Bertz CT molecular complexity index is 17.1. The molecule has 0 aromatic heterocycles. The van der Waals surface area contributed by atoms with Crippen LogP contribution >= 0.6 is 8.69 Å². The fourth-order valence-corrected chi connectivity index (χ4v) is 0.